The number of aromatic nitrogens is 4. The average Bonchev–Trinajstić information content (AvgIpc) is 3.50. The summed E-state index contributed by atoms with van der Waals surface area (Å²) in [4.78, 5) is 23.3. The van der Waals surface area contributed by atoms with Crippen LogP contribution in [0.3, 0.4) is 0 Å². The SMILES string of the molecule is O=C(Nc1ccc(-c2ccn[nH]2)nc1)[C@H]1C[C@H](F)CN1Cc1nccc2c1OCO2. The van der Waals surface area contributed by atoms with Crippen molar-refractivity contribution in [3.05, 3.63) is 48.5 Å². The Morgan fingerprint density at radius 1 is 1.23 bits per heavy atom. The summed E-state index contributed by atoms with van der Waals surface area (Å²) in [5.74, 6) is 0.883. The van der Waals surface area contributed by atoms with Crippen LogP contribution in [0.25, 0.3) is 11.4 Å². The van der Waals surface area contributed by atoms with Gasteiger partial charge in [-0.05, 0) is 18.2 Å². The minimum Gasteiger partial charge on any atom is -0.453 e. The van der Waals surface area contributed by atoms with Gasteiger partial charge in [-0.15, -0.1) is 0 Å². The molecule has 30 heavy (non-hydrogen) atoms. The van der Waals surface area contributed by atoms with E-state index in [2.05, 4.69) is 25.5 Å². The summed E-state index contributed by atoms with van der Waals surface area (Å²) in [6.45, 7) is 0.578. The van der Waals surface area contributed by atoms with Crippen molar-refractivity contribution in [1.29, 1.82) is 0 Å². The minimum atomic E-state index is -1.09. The number of carbonyl (C=O) groups is 1. The van der Waals surface area contributed by atoms with E-state index in [-0.39, 0.29) is 25.7 Å². The molecule has 2 aliphatic heterocycles. The van der Waals surface area contributed by atoms with Crippen molar-refractivity contribution < 1.29 is 18.7 Å². The van der Waals surface area contributed by atoms with E-state index in [0.717, 1.165) is 5.69 Å². The number of anilines is 1. The molecule has 10 heteroatoms. The van der Waals surface area contributed by atoms with Gasteiger partial charge >= 0.3 is 0 Å². The maximum Gasteiger partial charge on any atom is 0.241 e. The second-order valence-electron chi connectivity index (χ2n) is 7.16. The van der Waals surface area contributed by atoms with Gasteiger partial charge in [0, 0.05) is 38.0 Å². The van der Waals surface area contributed by atoms with Crippen LogP contribution < -0.4 is 14.8 Å². The number of pyridine rings is 2. The Morgan fingerprint density at radius 3 is 2.97 bits per heavy atom. The van der Waals surface area contributed by atoms with Gasteiger partial charge in [-0.3, -0.25) is 24.8 Å². The highest BCUT2D eigenvalue weighted by Crippen LogP contribution is 2.35. The molecule has 3 aromatic heterocycles. The van der Waals surface area contributed by atoms with Crippen LogP contribution in [0, 0.1) is 0 Å². The summed E-state index contributed by atoms with van der Waals surface area (Å²) < 4.78 is 25.0. The van der Waals surface area contributed by atoms with Crippen LogP contribution in [-0.2, 0) is 11.3 Å². The van der Waals surface area contributed by atoms with E-state index in [1.54, 1.807) is 41.7 Å². The van der Waals surface area contributed by atoms with Crippen molar-refractivity contribution in [3.63, 3.8) is 0 Å². The van der Waals surface area contributed by atoms with Gasteiger partial charge in [0.1, 0.15) is 11.9 Å². The molecule has 0 bridgehead atoms. The number of H-pyrrole nitrogens is 1. The molecule has 0 radical (unpaired) electrons. The van der Waals surface area contributed by atoms with Crippen LogP contribution in [0.1, 0.15) is 12.1 Å². The number of rotatable bonds is 5. The maximum absolute atomic E-state index is 14.2. The zero-order chi connectivity index (χ0) is 20.5. The summed E-state index contributed by atoms with van der Waals surface area (Å²) in [7, 11) is 0. The quantitative estimate of drug-likeness (QED) is 0.664. The first-order valence-corrected chi connectivity index (χ1v) is 9.55. The molecule has 154 valence electrons. The summed E-state index contributed by atoms with van der Waals surface area (Å²) in [6.07, 6.45) is 3.86. The van der Waals surface area contributed by atoms with Gasteiger partial charge in [-0.25, -0.2) is 4.39 Å². The van der Waals surface area contributed by atoms with E-state index in [0.29, 0.717) is 35.1 Å². The molecule has 1 saturated heterocycles. The van der Waals surface area contributed by atoms with E-state index in [1.165, 1.54) is 0 Å². The molecule has 1 amide bonds. The number of amides is 1. The Labute approximate surface area is 171 Å². The number of aromatic amines is 1. The fourth-order valence-electron chi connectivity index (χ4n) is 3.74. The smallest absolute Gasteiger partial charge is 0.241 e. The first-order valence-electron chi connectivity index (χ1n) is 9.55. The normalized spacial score (nSPS) is 20.4. The molecule has 0 spiro atoms. The van der Waals surface area contributed by atoms with E-state index >= 15 is 0 Å². The molecular weight excluding hydrogens is 391 g/mol. The number of likely N-dealkylation sites (tertiary alicyclic amines) is 1. The lowest BCUT2D eigenvalue weighted by Crippen LogP contribution is -2.39. The Morgan fingerprint density at radius 2 is 2.17 bits per heavy atom. The van der Waals surface area contributed by atoms with Crippen LogP contribution in [0.15, 0.2) is 42.9 Å². The van der Waals surface area contributed by atoms with Crippen molar-refractivity contribution in [2.45, 2.75) is 25.2 Å². The predicted octanol–water partition coefficient (Wildman–Crippen LogP) is 2.15. The Hall–Kier alpha value is -3.53. The monoisotopic (exact) mass is 410 g/mol. The van der Waals surface area contributed by atoms with Crippen molar-refractivity contribution in [3.8, 4) is 22.9 Å². The Kier molecular flexibility index (Phi) is 4.75. The fraction of sp³-hybridized carbons (Fsp3) is 0.300. The number of ether oxygens (including phenoxy) is 2. The number of nitrogens with zero attached hydrogens (tertiary/aromatic N) is 4. The number of alkyl halides is 1. The topological polar surface area (TPSA) is 105 Å². The minimum absolute atomic E-state index is 0.123. The van der Waals surface area contributed by atoms with Gasteiger partial charge in [-0.1, -0.05) is 0 Å². The third-order valence-corrected chi connectivity index (χ3v) is 5.18. The van der Waals surface area contributed by atoms with Gasteiger partial charge in [0.2, 0.25) is 12.7 Å². The third-order valence-electron chi connectivity index (χ3n) is 5.18. The lowest BCUT2D eigenvalue weighted by atomic mass is 10.2. The summed E-state index contributed by atoms with van der Waals surface area (Å²) >= 11 is 0. The van der Waals surface area contributed by atoms with Crippen molar-refractivity contribution >= 4 is 11.6 Å². The first kappa shape index (κ1) is 18.5. The van der Waals surface area contributed by atoms with Crippen LogP contribution in [0.5, 0.6) is 11.5 Å². The molecule has 1 fully saturated rings. The molecule has 5 heterocycles. The lowest BCUT2D eigenvalue weighted by Gasteiger charge is -2.23. The molecule has 2 aliphatic rings. The summed E-state index contributed by atoms with van der Waals surface area (Å²) in [5, 5.41) is 9.57. The first-order chi connectivity index (χ1) is 14.7. The van der Waals surface area contributed by atoms with Crippen molar-refractivity contribution in [2.75, 3.05) is 18.7 Å². The second-order valence-corrected chi connectivity index (χ2v) is 7.16. The molecular formula is C20H19FN6O3. The van der Waals surface area contributed by atoms with Gasteiger partial charge in [0.15, 0.2) is 11.5 Å². The highest BCUT2D eigenvalue weighted by Gasteiger charge is 2.38. The molecule has 9 nitrogen and oxygen atoms in total. The number of nitrogens with one attached hydrogen (secondary N) is 2. The molecule has 0 unspecified atom stereocenters. The number of hydrogen-bond acceptors (Lipinski definition) is 7. The maximum atomic E-state index is 14.2. The molecule has 5 rings (SSSR count). The molecule has 0 saturated carbocycles. The lowest BCUT2D eigenvalue weighted by molar-refractivity contribution is -0.120. The Bertz CT molecular complexity index is 1040. The standard InChI is InChI=1S/C20H19FN6O3/c21-12-7-17(27(9-12)10-16-19-18(4-5-22-16)29-11-30-19)20(28)25-13-1-2-14(23-8-13)15-3-6-24-26-15/h1-6,8,12,17H,7,9-11H2,(H,24,26)(H,25,28)/t12-,17+/m0/s1. The third kappa shape index (κ3) is 3.57. The largest absolute Gasteiger partial charge is 0.453 e. The van der Waals surface area contributed by atoms with Crippen LogP contribution in [0.4, 0.5) is 10.1 Å². The number of halogens is 1. The van der Waals surface area contributed by atoms with E-state index in [1.807, 2.05) is 6.07 Å². The zero-order valence-corrected chi connectivity index (χ0v) is 15.9. The van der Waals surface area contributed by atoms with Crippen LogP contribution in [-0.4, -0.2) is 56.5 Å². The van der Waals surface area contributed by atoms with Gasteiger partial charge in [-0.2, -0.15) is 5.10 Å². The van der Waals surface area contributed by atoms with Crippen LogP contribution >= 0.6 is 0 Å². The number of hydrogen-bond donors (Lipinski definition) is 2. The highest BCUT2D eigenvalue weighted by atomic mass is 19.1. The van der Waals surface area contributed by atoms with E-state index in [4.69, 9.17) is 9.47 Å². The second kappa shape index (κ2) is 7.71. The van der Waals surface area contributed by atoms with Gasteiger partial charge < -0.3 is 14.8 Å². The van der Waals surface area contributed by atoms with Crippen molar-refractivity contribution in [1.82, 2.24) is 25.1 Å². The molecule has 0 aromatic carbocycles. The fourth-order valence-corrected chi connectivity index (χ4v) is 3.74. The van der Waals surface area contributed by atoms with Gasteiger partial charge in [0.05, 0.1) is 29.3 Å². The average molecular weight is 410 g/mol. The molecule has 0 aliphatic carbocycles. The highest BCUT2D eigenvalue weighted by molar-refractivity contribution is 5.95. The number of carbonyl (C=O) groups excluding carboxylic acids is 1. The summed E-state index contributed by atoms with van der Waals surface area (Å²) in [5.41, 5.74) is 2.66. The van der Waals surface area contributed by atoms with E-state index in [9.17, 15) is 9.18 Å². The van der Waals surface area contributed by atoms with Gasteiger partial charge in [0.25, 0.3) is 0 Å². The molecule has 2 atom stereocenters. The summed E-state index contributed by atoms with van der Waals surface area (Å²) in [6, 6.07) is 6.44. The van der Waals surface area contributed by atoms with Crippen molar-refractivity contribution in [2.24, 2.45) is 0 Å². The molecule has 2 N–H and O–H groups in total. The molecule has 3 aromatic rings. The van der Waals surface area contributed by atoms with Crippen LogP contribution in [0.2, 0.25) is 0 Å². The predicted molar refractivity (Wildman–Crippen MR) is 105 cm³/mol. The van der Waals surface area contributed by atoms with E-state index < -0.39 is 12.2 Å². The number of fused-ring (bicyclic) bond motifs is 1. The zero-order valence-electron chi connectivity index (χ0n) is 15.9. The Balaban J connectivity index is 1.29.